The summed E-state index contributed by atoms with van der Waals surface area (Å²) in [5.41, 5.74) is 0.115. The van der Waals surface area contributed by atoms with E-state index in [1.807, 2.05) is 0 Å². The Kier molecular flexibility index (Phi) is 4.87. The Morgan fingerprint density at radius 2 is 1.57 bits per heavy atom. The molecule has 0 spiro atoms. The monoisotopic (exact) mass is 325 g/mol. The standard InChI is InChI=1S/C16H21F2N3O2/c1-12-6-4-5-7-13(12)16(17,18)14(22)20-8-10-21(11-9-20)15(23)19(2)3/h4-7H,8-11H2,1-3H3. The van der Waals surface area contributed by atoms with Crippen molar-refractivity contribution in [3.63, 3.8) is 0 Å². The van der Waals surface area contributed by atoms with Gasteiger partial charge in [-0.25, -0.2) is 4.79 Å². The van der Waals surface area contributed by atoms with Crippen LogP contribution < -0.4 is 0 Å². The van der Waals surface area contributed by atoms with Gasteiger partial charge in [0.25, 0.3) is 5.91 Å². The van der Waals surface area contributed by atoms with Gasteiger partial charge in [0, 0.05) is 45.8 Å². The molecule has 1 aromatic carbocycles. The van der Waals surface area contributed by atoms with Crippen molar-refractivity contribution < 1.29 is 18.4 Å². The first-order valence-corrected chi connectivity index (χ1v) is 7.44. The van der Waals surface area contributed by atoms with Crippen LogP contribution in [0, 0.1) is 6.92 Å². The van der Waals surface area contributed by atoms with E-state index in [0.29, 0.717) is 5.56 Å². The molecule has 2 rings (SSSR count). The molecule has 1 aromatic rings. The molecule has 0 saturated carbocycles. The molecule has 0 atom stereocenters. The number of hydrogen-bond donors (Lipinski definition) is 0. The highest BCUT2D eigenvalue weighted by Crippen LogP contribution is 2.32. The summed E-state index contributed by atoms with van der Waals surface area (Å²) in [6.07, 6.45) is 0. The second kappa shape index (κ2) is 6.52. The van der Waals surface area contributed by atoms with Crippen LogP contribution >= 0.6 is 0 Å². The molecule has 1 fully saturated rings. The highest BCUT2D eigenvalue weighted by molar-refractivity contribution is 5.85. The lowest BCUT2D eigenvalue weighted by Gasteiger charge is -2.37. The Morgan fingerprint density at radius 1 is 1.04 bits per heavy atom. The number of alkyl halides is 2. The van der Waals surface area contributed by atoms with Crippen LogP contribution in [0.25, 0.3) is 0 Å². The van der Waals surface area contributed by atoms with Gasteiger partial charge in [-0.3, -0.25) is 4.79 Å². The van der Waals surface area contributed by atoms with Crippen molar-refractivity contribution in [3.8, 4) is 0 Å². The minimum Gasteiger partial charge on any atom is -0.334 e. The van der Waals surface area contributed by atoms with Gasteiger partial charge in [0.1, 0.15) is 0 Å². The number of piperazine rings is 1. The maximum absolute atomic E-state index is 14.5. The van der Waals surface area contributed by atoms with E-state index in [2.05, 4.69) is 0 Å². The molecular weight excluding hydrogens is 304 g/mol. The van der Waals surface area contributed by atoms with Gasteiger partial charge in [0.2, 0.25) is 0 Å². The van der Waals surface area contributed by atoms with Crippen LogP contribution in [0.2, 0.25) is 0 Å². The molecule has 0 N–H and O–H groups in total. The topological polar surface area (TPSA) is 43.9 Å². The van der Waals surface area contributed by atoms with E-state index < -0.39 is 11.8 Å². The fourth-order valence-electron chi connectivity index (χ4n) is 2.62. The molecule has 0 aromatic heterocycles. The molecule has 0 radical (unpaired) electrons. The first kappa shape index (κ1) is 17.2. The molecule has 0 aliphatic carbocycles. The van der Waals surface area contributed by atoms with E-state index in [-0.39, 0.29) is 37.8 Å². The maximum Gasteiger partial charge on any atom is 0.350 e. The molecule has 5 nitrogen and oxygen atoms in total. The Morgan fingerprint density at radius 3 is 2.09 bits per heavy atom. The lowest BCUT2D eigenvalue weighted by molar-refractivity contribution is -0.160. The Labute approximate surface area is 134 Å². The highest BCUT2D eigenvalue weighted by atomic mass is 19.3. The predicted molar refractivity (Wildman–Crippen MR) is 82.3 cm³/mol. The van der Waals surface area contributed by atoms with Gasteiger partial charge in [0.05, 0.1) is 0 Å². The molecule has 1 aliphatic heterocycles. The van der Waals surface area contributed by atoms with Gasteiger partial charge in [-0.05, 0) is 12.5 Å². The summed E-state index contributed by atoms with van der Waals surface area (Å²) in [6, 6.07) is 5.81. The van der Waals surface area contributed by atoms with E-state index in [0.717, 1.165) is 4.90 Å². The Hall–Kier alpha value is -2.18. The van der Waals surface area contributed by atoms with Crippen molar-refractivity contribution in [2.75, 3.05) is 40.3 Å². The highest BCUT2D eigenvalue weighted by Gasteiger charge is 2.45. The van der Waals surface area contributed by atoms with E-state index in [4.69, 9.17) is 0 Å². The molecule has 1 saturated heterocycles. The SMILES string of the molecule is Cc1ccccc1C(F)(F)C(=O)N1CCN(C(=O)N(C)C)CC1. The molecule has 0 bridgehead atoms. The number of carbonyl (C=O) groups excluding carboxylic acids is 2. The third-order valence-corrected chi connectivity index (χ3v) is 3.97. The normalized spacial score (nSPS) is 15.5. The average molecular weight is 325 g/mol. The van der Waals surface area contributed by atoms with E-state index >= 15 is 0 Å². The number of rotatable bonds is 2. The molecular formula is C16H21F2N3O2. The number of halogens is 2. The number of amides is 3. The lowest BCUT2D eigenvalue weighted by atomic mass is 10.0. The minimum absolute atomic E-state index is 0.111. The maximum atomic E-state index is 14.5. The van der Waals surface area contributed by atoms with E-state index in [1.165, 1.54) is 17.0 Å². The fraction of sp³-hybridized carbons (Fsp3) is 0.500. The predicted octanol–water partition coefficient (Wildman–Crippen LogP) is 1.91. The summed E-state index contributed by atoms with van der Waals surface area (Å²) in [4.78, 5) is 28.2. The van der Waals surface area contributed by atoms with Gasteiger partial charge in [-0.2, -0.15) is 8.78 Å². The van der Waals surface area contributed by atoms with Crippen molar-refractivity contribution in [1.29, 1.82) is 0 Å². The van der Waals surface area contributed by atoms with Crippen LogP contribution in [0.5, 0.6) is 0 Å². The zero-order chi connectivity index (χ0) is 17.2. The molecule has 3 amide bonds. The zero-order valence-corrected chi connectivity index (χ0v) is 13.6. The van der Waals surface area contributed by atoms with Crippen LogP contribution in [-0.2, 0) is 10.7 Å². The number of carbonyl (C=O) groups is 2. The number of aryl methyl sites for hydroxylation is 1. The van der Waals surface area contributed by atoms with E-state index in [9.17, 15) is 18.4 Å². The summed E-state index contributed by atoms with van der Waals surface area (Å²) >= 11 is 0. The number of urea groups is 1. The number of benzene rings is 1. The first-order valence-electron chi connectivity index (χ1n) is 7.44. The second-order valence-corrected chi connectivity index (χ2v) is 5.85. The van der Waals surface area contributed by atoms with Crippen molar-refractivity contribution in [1.82, 2.24) is 14.7 Å². The van der Waals surface area contributed by atoms with Crippen molar-refractivity contribution in [2.45, 2.75) is 12.8 Å². The zero-order valence-electron chi connectivity index (χ0n) is 13.6. The van der Waals surface area contributed by atoms with Crippen LogP contribution in [0.4, 0.5) is 13.6 Å². The van der Waals surface area contributed by atoms with Crippen LogP contribution in [0.3, 0.4) is 0 Å². The van der Waals surface area contributed by atoms with Crippen LogP contribution in [0.15, 0.2) is 24.3 Å². The van der Waals surface area contributed by atoms with Gasteiger partial charge in [-0.1, -0.05) is 24.3 Å². The van der Waals surface area contributed by atoms with Gasteiger partial charge < -0.3 is 14.7 Å². The molecule has 126 valence electrons. The molecule has 1 aliphatic rings. The number of nitrogens with zero attached hydrogens (tertiary/aromatic N) is 3. The molecule has 1 heterocycles. The van der Waals surface area contributed by atoms with Gasteiger partial charge >= 0.3 is 12.0 Å². The first-order chi connectivity index (χ1) is 10.7. The molecule has 7 heteroatoms. The lowest BCUT2D eigenvalue weighted by Crippen LogP contribution is -2.55. The largest absolute Gasteiger partial charge is 0.350 e. The summed E-state index contributed by atoms with van der Waals surface area (Å²) in [5.74, 6) is -4.76. The second-order valence-electron chi connectivity index (χ2n) is 5.85. The summed E-state index contributed by atoms with van der Waals surface area (Å²) in [6.45, 7) is 2.29. The summed E-state index contributed by atoms with van der Waals surface area (Å²) < 4.78 is 29.0. The minimum atomic E-state index is -3.56. The van der Waals surface area contributed by atoms with Crippen LogP contribution in [0.1, 0.15) is 11.1 Å². The van der Waals surface area contributed by atoms with Crippen molar-refractivity contribution in [3.05, 3.63) is 35.4 Å². The number of hydrogen-bond acceptors (Lipinski definition) is 2. The smallest absolute Gasteiger partial charge is 0.334 e. The fourth-order valence-corrected chi connectivity index (χ4v) is 2.62. The van der Waals surface area contributed by atoms with Gasteiger partial charge in [-0.15, -0.1) is 0 Å². The van der Waals surface area contributed by atoms with Crippen LogP contribution in [-0.4, -0.2) is 66.9 Å². The van der Waals surface area contributed by atoms with Crippen molar-refractivity contribution >= 4 is 11.9 Å². The Balaban J connectivity index is 2.07. The van der Waals surface area contributed by atoms with Crippen molar-refractivity contribution in [2.24, 2.45) is 0 Å². The van der Waals surface area contributed by atoms with Gasteiger partial charge in [0.15, 0.2) is 0 Å². The van der Waals surface area contributed by atoms with E-state index in [1.54, 1.807) is 38.1 Å². The quantitative estimate of drug-likeness (QED) is 0.834. The third kappa shape index (κ3) is 3.43. The summed E-state index contributed by atoms with van der Waals surface area (Å²) in [7, 11) is 3.26. The molecule has 0 unspecified atom stereocenters. The third-order valence-electron chi connectivity index (χ3n) is 3.97. The average Bonchev–Trinajstić information content (AvgIpc) is 2.53. The Bertz CT molecular complexity index is 597. The summed E-state index contributed by atoms with van der Waals surface area (Å²) in [5, 5.41) is 0. The molecule has 23 heavy (non-hydrogen) atoms.